The first kappa shape index (κ1) is 12.2. The van der Waals surface area contributed by atoms with Gasteiger partial charge in [-0.05, 0) is 13.8 Å². The molecule has 0 heterocycles. The molecule has 0 aromatic heterocycles. The van der Waals surface area contributed by atoms with E-state index in [9.17, 15) is 4.79 Å². The van der Waals surface area contributed by atoms with E-state index < -0.39 is 6.16 Å². The van der Waals surface area contributed by atoms with Crippen LogP contribution in [0.25, 0.3) is 0 Å². The van der Waals surface area contributed by atoms with E-state index in [4.69, 9.17) is 9.47 Å². The van der Waals surface area contributed by atoms with Crippen molar-refractivity contribution in [2.75, 3.05) is 13.2 Å². The molecular weight excluding hydrogens is 170 g/mol. The summed E-state index contributed by atoms with van der Waals surface area (Å²) in [4.78, 5) is 10.8. The maximum atomic E-state index is 10.8. The molecule has 13 heavy (non-hydrogen) atoms. The molecule has 0 radical (unpaired) electrons. The normalized spacial score (nSPS) is 10.6. The maximum Gasteiger partial charge on any atom is 0.508 e. The lowest BCUT2D eigenvalue weighted by Gasteiger charge is -2.10. The summed E-state index contributed by atoms with van der Waals surface area (Å²) in [5.74, 6) is 0. The summed E-state index contributed by atoms with van der Waals surface area (Å²) >= 11 is 0. The Morgan fingerprint density at radius 2 is 1.92 bits per heavy atom. The Bertz CT molecular complexity index is 146. The van der Waals surface area contributed by atoms with Gasteiger partial charge in [0.25, 0.3) is 0 Å². The first-order valence-electron chi connectivity index (χ1n) is 4.59. The van der Waals surface area contributed by atoms with E-state index in [1.165, 1.54) is 0 Å². The molecule has 0 rings (SSSR count). The standard InChI is InChI=1S/C9H19NO3/c1-7(2)10-5-6-12-9(11)13-8(3)4/h7-8,10H,5-6H2,1-4H3. The van der Waals surface area contributed by atoms with Gasteiger partial charge in [-0.15, -0.1) is 0 Å². The molecule has 0 spiro atoms. The molecule has 0 aliphatic carbocycles. The highest BCUT2D eigenvalue weighted by atomic mass is 16.7. The average molecular weight is 189 g/mol. The Morgan fingerprint density at radius 1 is 1.31 bits per heavy atom. The Morgan fingerprint density at radius 3 is 2.38 bits per heavy atom. The topological polar surface area (TPSA) is 47.6 Å². The summed E-state index contributed by atoms with van der Waals surface area (Å²) in [5, 5.41) is 3.12. The zero-order valence-electron chi connectivity index (χ0n) is 8.79. The summed E-state index contributed by atoms with van der Waals surface area (Å²) in [6.45, 7) is 8.65. The number of carbonyl (C=O) groups is 1. The van der Waals surface area contributed by atoms with E-state index in [2.05, 4.69) is 5.32 Å². The number of rotatable bonds is 5. The van der Waals surface area contributed by atoms with Crippen molar-refractivity contribution < 1.29 is 14.3 Å². The van der Waals surface area contributed by atoms with Crippen molar-refractivity contribution in [3.63, 3.8) is 0 Å². The lowest BCUT2D eigenvalue weighted by Crippen LogP contribution is -2.28. The van der Waals surface area contributed by atoms with Crippen LogP contribution >= 0.6 is 0 Å². The van der Waals surface area contributed by atoms with Gasteiger partial charge in [-0.25, -0.2) is 4.79 Å². The molecule has 0 aromatic rings. The van der Waals surface area contributed by atoms with Gasteiger partial charge in [0.15, 0.2) is 0 Å². The lowest BCUT2D eigenvalue weighted by molar-refractivity contribution is 0.0350. The largest absolute Gasteiger partial charge is 0.508 e. The second-order valence-electron chi connectivity index (χ2n) is 3.37. The molecule has 0 amide bonds. The van der Waals surface area contributed by atoms with Gasteiger partial charge in [0.05, 0.1) is 6.10 Å². The van der Waals surface area contributed by atoms with Gasteiger partial charge in [0.2, 0.25) is 0 Å². The fourth-order valence-corrected chi connectivity index (χ4v) is 0.708. The highest BCUT2D eigenvalue weighted by Gasteiger charge is 2.05. The van der Waals surface area contributed by atoms with Crippen LogP contribution in [0.2, 0.25) is 0 Å². The maximum absolute atomic E-state index is 10.8. The van der Waals surface area contributed by atoms with Crippen molar-refractivity contribution >= 4 is 6.16 Å². The fraction of sp³-hybridized carbons (Fsp3) is 0.889. The van der Waals surface area contributed by atoms with Gasteiger partial charge in [-0.3, -0.25) is 0 Å². The first-order valence-corrected chi connectivity index (χ1v) is 4.59. The molecule has 4 heteroatoms. The minimum absolute atomic E-state index is 0.120. The average Bonchev–Trinajstić information content (AvgIpc) is 1.96. The van der Waals surface area contributed by atoms with Crippen molar-refractivity contribution in [3.8, 4) is 0 Å². The predicted octanol–water partition coefficient (Wildman–Crippen LogP) is 1.55. The van der Waals surface area contributed by atoms with Crippen LogP contribution in [0.1, 0.15) is 27.7 Å². The quantitative estimate of drug-likeness (QED) is 0.526. The Hall–Kier alpha value is -0.770. The molecule has 0 bridgehead atoms. The molecule has 78 valence electrons. The van der Waals surface area contributed by atoms with Gasteiger partial charge in [-0.2, -0.15) is 0 Å². The van der Waals surface area contributed by atoms with Crippen molar-refractivity contribution in [1.29, 1.82) is 0 Å². The molecule has 0 saturated carbocycles. The van der Waals surface area contributed by atoms with Crippen LogP contribution in [0.15, 0.2) is 0 Å². The summed E-state index contributed by atoms with van der Waals surface area (Å²) < 4.78 is 9.55. The minimum Gasteiger partial charge on any atom is -0.433 e. The predicted molar refractivity (Wildman–Crippen MR) is 50.7 cm³/mol. The summed E-state index contributed by atoms with van der Waals surface area (Å²) in [5.41, 5.74) is 0. The van der Waals surface area contributed by atoms with E-state index in [1.807, 2.05) is 13.8 Å². The first-order chi connectivity index (χ1) is 6.02. The fourth-order valence-electron chi connectivity index (χ4n) is 0.708. The van der Waals surface area contributed by atoms with E-state index in [0.29, 0.717) is 19.2 Å². The van der Waals surface area contributed by atoms with Crippen molar-refractivity contribution in [3.05, 3.63) is 0 Å². The Labute approximate surface area is 79.6 Å². The van der Waals surface area contributed by atoms with Crippen LogP contribution in [0.4, 0.5) is 4.79 Å². The van der Waals surface area contributed by atoms with Crippen molar-refractivity contribution in [2.45, 2.75) is 39.8 Å². The van der Waals surface area contributed by atoms with E-state index in [0.717, 1.165) is 0 Å². The van der Waals surface area contributed by atoms with Crippen LogP contribution in [0.5, 0.6) is 0 Å². The molecular formula is C9H19NO3. The smallest absolute Gasteiger partial charge is 0.433 e. The summed E-state index contributed by atoms with van der Waals surface area (Å²) in [6.07, 6.45) is -0.717. The van der Waals surface area contributed by atoms with Gasteiger partial charge >= 0.3 is 6.16 Å². The number of ether oxygens (including phenoxy) is 2. The molecule has 0 aromatic carbocycles. The molecule has 1 N–H and O–H groups in total. The number of carbonyl (C=O) groups excluding carboxylic acids is 1. The van der Waals surface area contributed by atoms with E-state index >= 15 is 0 Å². The van der Waals surface area contributed by atoms with Gasteiger partial charge < -0.3 is 14.8 Å². The van der Waals surface area contributed by atoms with Gasteiger partial charge in [-0.1, -0.05) is 13.8 Å². The Kier molecular flexibility index (Phi) is 6.32. The molecule has 0 aliphatic rings. The number of hydrogen-bond donors (Lipinski definition) is 1. The van der Waals surface area contributed by atoms with Crippen LogP contribution in [-0.4, -0.2) is 31.5 Å². The molecule has 0 saturated heterocycles. The minimum atomic E-state index is -0.597. The lowest BCUT2D eigenvalue weighted by atomic mass is 10.4. The second-order valence-corrected chi connectivity index (χ2v) is 3.37. The molecule has 0 atom stereocenters. The molecule has 0 fully saturated rings. The summed E-state index contributed by atoms with van der Waals surface area (Å²) in [7, 11) is 0. The van der Waals surface area contributed by atoms with Crippen LogP contribution in [-0.2, 0) is 9.47 Å². The molecule has 0 aliphatic heterocycles. The molecule has 0 unspecified atom stereocenters. The second kappa shape index (κ2) is 6.71. The highest BCUT2D eigenvalue weighted by Crippen LogP contribution is 1.91. The zero-order chi connectivity index (χ0) is 10.3. The van der Waals surface area contributed by atoms with Crippen LogP contribution < -0.4 is 5.32 Å². The van der Waals surface area contributed by atoms with Gasteiger partial charge in [0.1, 0.15) is 6.61 Å². The third-order valence-electron chi connectivity index (χ3n) is 1.21. The number of hydrogen-bond acceptors (Lipinski definition) is 4. The Balaban J connectivity index is 3.27. The van der Waals surface area contributed by atoms with Crippen LogP contribution in [0.3, 0.4) is 0 Å². The highest BCUT2D eigenvalue weighted by molar-refractivity contribution is 5.59. The zero-order valence-corrected chi connectivity index (χ0v) is 8.79. The SMILES string of the molecule is CC(C)NCCOC(=O)OC(C)C. The van der Waals surface area contributed by atoms with Crippen LogP contribution in [0, 0.1) is 0 Å². The van der Waals surface area contributed by atoms with Gasteiger partial charge in [0, 0.05) is 12.6 Å². The van der Waals surface area contributed by atoms with Crippen molar-refractivity contribution in [2.24, 2.45) is 0 Å². The monoisotopic (exact) mass is 189 g/mol. The molecule has 4 nitrogen and oxygen atoms in total. The summed E-state index contributed by atoms with van der Waals surface area (Å²) in [6, 6.07) is 0.407. The van der Waals surface area contributed by atoms with Crippen molar-refractivity contribution in [1.82, 2.24) is 5.32 Å². The van der Waals surface area contributed by atoms with E-state index in [1.54, 1.807) is 13.8 Å². The third kappa shape index (κ3) is 9.14. The third-order valence-corrected chi connectivity index (χ3v) is 1.21. The van der Waals surface area contributed by atoms with E-state index in [-0.39, 0.29) is 6.10 Å². The number of nitrogens with one attached hydrogen (secondary N) is 1.